The number of aliphatic hydroxyl groups excluding tert-OH is 1. The van der Waals surface area contributed by atoms with Crippen LogP contribution in [0.15, 0.2) is 12.4 Å². The Morgan fingerprint density at radius 3 is 2.37 bits per heavy atom. The second-order valence-electron chi connectivity index (χ2n) is 5.65. The molecule has 5 nitrogen and oxygen atoms in total. The fourth-order valence-electron chi connectivity index (χ4n) is 1.63. The predicted octanol–water partition coefficient (Wildman–Crippen LogP) is 1.57. The molecule has 1 rings (SSSR count). The third-order valence-electron chi connectivity index (χ3n) is 2.77. The molecule has 0 fully saturated rings. The third kappa shape index (κ3) is 5.98. The lowest BCUT2D eigenvalue weighted by Crippen LogP contribution is -2.35. The lowest BCUT2D eigenvalue weighted by Gasteiger charge is -2.22. The van der Waals surface area contributed by atoms with Gasteiger partial charge in [-0.2, -0.15) is 0 Å². The highest BCUT2D eigenvalue weighted by molar-refractivity contribution is 5.29. The zero-order chi connectivity index (χ0) is 14.3. The van der Waals surface area contributed by atoms with Crippen LogP contribution < -0.4 is 10.2 Å². The molecule has 0 aliphatic rings. The van der Waals surface area contributed by atoms with E-state index in [9.17, 15) is 0 Å². The van der Waals surface area contributed by atoms with E-state index in [4.69, 9.17) is 5.11 Å². The lowest BCUT2D eigenvalue weighted by molar-refractivity contribution is 0.289. The number of hydrogen-bond donors (Lipinski definition) is 2. The number of hydrogen-bond acceptors (Lipinski definition) is 5. The highest BCUT2D eigenvalue weighted by Gasteiger charge is 2.10. The van der Waals surface area contributed by atoms with Gasteiger partial charge in [0.05, 0.1) is 0 Å². The van der Waals surface area contributed by atoms with Crippen molar-refractivity contribution in [3.63, 3.8) is 0 Å². The Bertz CT molecular complexity index is 359. The van der Waals surface area contributed by atoms with Gasteiger partial charge < -0.3 is 15.3 Å². The Hall–Kier alpha value is -1.20. The molecule has 1 aromatic heterocycles. The summed E-state index contributed by atoms with van der Waals surface area (Å²) in [7, 11) is 0. The van der Waals surface area contributed by atoms with Crippen molar-refractivity contribution in [2.75, 3.05) is 24.6 Å². The first-order chi connectivity index (χ1) is 8.96. The Morgan fingerprint density at radius 2 is 1.89 bits per heavy atom. The minimum atomic E-state index is 0.0925. The summed E-state index contributed by atoms with van der Waals surface area (Å²) in [4.78, 5) is 10.9. The largest absolute Gasteiger partial charge is 0.396 e. The van der Waals surface area contributed by atoms with Crippen molar-refractivity contribution in [3.05, 3.63) is 18.0 Å². The van der Waals surface area contributed by atoms with E-state index in [1.807, 2.05) is 12.4 Å². The van der Waals surface area contributed by atoms with E-state index in [-0.39, 0.29) is 12.1 Å². The van der Waals surface area contributed by atoms with E-state index in [2.05, 4.69) is 47.9 Å². The molecule has 1 aromatic rings. The summed E-state index contributed by atoms with van der Waals surface area (Å²) >= 11 is 0. The van der Waals surface area contributed by atoms with Gasteiger partial charge in [-0.25, -0.2) is 9.97 Å². The molecule has 0 saturated carbocycles. The molecule has 0 aliphatic heterocycles. The zero-order valence-corrected chi connectivity index (χ0v) is 12.5. The normalized spacial score (nSPS) is 11.6. The Balaban J connectivity index is 2.59. The Morgan fingerprint density at radius 1 is 1.26 bits per heavy atom. The zero-order valence-electron chi connectivity index (χ0n) is 12.5. The molecule has 5 heteroatoms. The first-order valence-corrected chi connectivity index (χ1v) is 6.88. The second kappa shape index (κ2) is 7.40. The Kier molecular flexibility index (Phi) is 6.18. The van der Waals surface area contributed by atoms with Gasteiger partial charge in [0.2, 0.25) is 5.95 Å². The van der Waals surface area contributed by atoms with E-state index < -0.39 is 0 Å². The van der Waals surface area contributed by atoms with Crippen molar-refractivity contribution in [3.8, 4) is 0 Å². The van der Waals surface area contributed by atoms with E-state index in [1.54, 1.807) is 0 Å². The molecule has 0 saturated heterocycles. The molecule has 0 unspecified atom stereocenters. The van der Waals surface area contributed by atoms with Crippen LogP contribution in [0.4, 0.5) is 5.95 Å². The van der Waals surface area contributed by atoms with Gasteiger partial charge in [-0.05, 0) is 34.1 Å². The fourth-order valence-corrected chi connectivity index (χ4v) is 1.63. The van der Waals surface area contributed by atoms with E-state index in [1.165, 1.54) is 0 Å². The maximum Gasteiger partial charge on any atom is 0.225 e. The molecular weight excluding hydrogens is 240 g/mol. The Labute approximate surface area is 116 Å². The molecule has 108 valence electrons. The van der Waals surface area contributed by atoms with Crippen LogP contribution in [0, 0.1) is 0 Å². The van der Waals surface area contributed by atoms with Crippen LogP contribution in [0.2, 0.25) is 0 Å². The summed E-state index contributed by atoms with van der Waals surface area (Å²) in [5.41, 5.74) is 1.17. The summed E-state index contributed by atoms with van der Waals surface area (Å²) in [6.07, 6.45) is 4.47. The van der Waals surface area contributed by atoms with E-state index in [0.29, 0.717) is 0 Å². The third-order valence-corrected chi connectivity index (χ3v) is 2.77. The number of aliphatic hydroxyl groups is 1. The summed E-state index contributed by atoms with van der Waals surface area (Å²) in [6, 6.07) is 0. The van der Waals surface area contributed by atoms with Gasteiger partial charge >= 0.3 is 0 Å². The van der Waals surface area contributed by atoms with Crippen LogP contribution in [0.1, 0.15) is 39.7 Å². The highest BCUT2D eigenvalue weighted by Crippen LogP contribution is 2.08. The van der Waals surface area contributed by atoms with Gasteiger partial charge in [0.15, 0.2) is 0 Å². The van der Waals surface area contributed by atoms with Crippen molar-refractivity contribution >= 4 is 5.95 Å². The second-order valence-corrected chi connectivity index (χ2v) is 5.65. The van der Waals surface area contributed by atoms with Gasteiger partial charge in [0.1, 0.15) is 0 Å². The number of rotatable bonds is 7. The quantitative estimate of drug-likeness (QED) is 0.784. The molecule has 0 radical (unpaired) electrons. The van der Waals surface area contributed by atoms with Crippen LogP contribution in [0.5, 0.6) is 0 Å². The number of anilines is 1. The van der Waals surface area contributed by atoms with Gasteiger partial charge in [0.25, 0.3) is 0 Å². The summed E-state index contributed by atoms with van der Waals surface area (Å²) < 4.78 is 0. The smallest absolute Gasteiger partial charge is 0.225 e. The van der Waals surface area contributed by atoms with Crippen molar-refractivity contribution in [2.45, 2.75) is 46.2 Å². The summed E-state index contributed by atoms with van der Waals surface area (Å²) in [6.45, 7) is 11.1. The van der Waals surface area contributed by atoms with Crippen molar-refractivity contribution in [1.29, 1.82) is 0 Å². The number of aromatic nitrogens is 2. The average molecular weight is 266 g/mol. The number of nitrogens with zero attached hydrogens (tertiary/aromatic N) is 3. The minimum absolute atomic E-state index is 0.0925. The molecule has 0 bridgehead atoms. The summed E-state index contributed by atoms with van der Waals surface area (Å²) in [5.74, 6) is 0.732. The molecule has 0 spiro atoms. The molecule has 0 amide bonds. The van der Waals surface area contributed by atoms with Gasteiger partial charge in [-0.3, -0.25) is 0 Å². The first kappa shape index (κ1) is 15.9. The van der Waals surface area contributed by atoms with Gasteiger partial charge in [0, 0.05) is 49.7 Å². The molecule has 0 aliphatic carbocycles. The van der Waals surface area contributed by atoms with Gasteiger partial charge in [-0.1, -0.05) is 0 Å². The average Bonchev–Trinajstić information content (AvgIpc) is 2.38. The molecular formula is C14H26N4O. The maximum absolute atomic E-state index is 8.87. The van der Waals surface area contributed by atoms with Crippen molar-refractivity contribution < 1.29 is 5.11 Å². The fraction of sp³-hybridized carbons (Fsp3) is 0.714. The summed E-state index contributed by atoms with van der Waals surface area (Å²) in [5, 5.41) is 12.3. The highest BCUT2D eigenvalue weighted by atomic mass is 16.3. The monoisotopic (exact) mass is 266 g/mol. The number of nitrogens with one attached hydrogen (secondary N) is 1. The van der Waals surface area contributed by atoms with Crippen LogP contribution >= 0.6 is 0 Å². The van der Waals surface area contributed by atoms with Crippen LogP contribution in [0.25, 0.3) is 0 Å². The molecule has 19 heavy (non-hydrogen) atoms. The maximum atomic E-state index is 8.87. The topological polar surface area (TPSA) is 61.3 Å². The van der Waals surface area contributed by atoms with Crippen LogP contribution in [-0.2, 0) is 6.54 Å². The molecule has 2 N–H and O–H groups in total. The predicted molar refractivity (Wildman–Crippen MR) is 78.2 cm³/mol. The molecule has 1 heterocycles. The van der Waals surface area contributed by atoms with Crippen LogP contribution in [0.3, 0.4) is 0 Å². The van der Waals surface area contributed by atoms with E-state index >= 15 is 0 Å². The first-order valence-electron chi connectivity index (χ1n) is 6.88. The molecule has 0 aromatic carbocycles. The van der Waals surface area contributed by atoms with E-state index in [0.717, 1.165) is 37.6 Å². The standard InChI is InChI=1S/C14H26N4O/c1-5-18(7-6-8-19)13-15-9-12(10-16-13)11-17-14(2,3)4/h9-10,17,19H,5-8,11H2,1-4H3. The van der Waals surface area contributed by atoms with Gasteiger partial charge in [-0.15, -0.1) is 0 Å². The van der Waals surface area contributed by atoms with Crippen molar-refractivity contribution in [2.24, 2.45) is 0 Å². The SMILES string of the molecule is CCN(CCCO)c1ncc(CNC(C)(C)C)cn1. The van der Waals surface area contributed by atoms with Crippen molar-refractivity contribution in [1.82, 2.24) is 15.3 Å². The molecule has 0 atom stereocenters. The van der Waals surface area contributed by atoms with Crippen LogP contribution in [-0.4, -0.2) is 40.3 Å². The lowest BCUT2D eigenvalue weighted by atomic mass is 10.1. The minimum Gasteiger partial charge on any atom is -0.396 e.